The summed E-state index contributed by atoms with van der Waals surface area (Å²) in [6, 6.07) is 9.58. The van der Waals surface area contributed by atoms with E-state index in [2.05, 4.69) is 62.2 Å². The molecule has 1 aromatic carbocycles. The fourth-order valence-electron chi connectivity index (χ4n) is 2.86. The molecular formula is C15H24N2. The van der Waals surface area contributed by atoms with Crippen LogP contribution in [0, 0.1) is 0 Å². The number of piperazine rings is 1. The van der Waals surface area contributed by atoms with Crippen molar-refractivity contribution in [3.8, 4) is 0 Å². The SMILES string of the molecule is CCc1ccc(N2C(C)CNCC2(C)C)cc1. The molecule has 0 saturated carbocycles. The summed E-state index contributed by atoms with van der Waals surface area (Å²) < 4.78 is 0. The van der Waals surface area contributed by atoms with Crippen LogP contribution in [0.2, 0.25) is 0 Å². The van der Waals surface area contributed by atoms with Crippen LogP contribution in [0.5, 0.6) is 0 Å². The fraction of sp³-hybridized carbons (Fsp3) is 0.600. The van der Waals surface area contributed by atoms with Gasteiger partial charge in [-0.3, -0.25) is 0 Å². The summed E-state index contributed by atoms with van der Waals surface area (Å²) >= 11 is 0. The van der Waals surface area contributed by atoms with E-state index in [0.29, 0.717) is 6.04 Å². The van der Waals surface area contributed by atoms with Gasteiger partial charge in [0.25, 0.3) is 0 Å². The van der Waals surface area contributed by atoms with E-state index >= 15 is 0 Å². The largest absolute Gasteiger partial charge is 0.361 e. The van der Waals surface area contributed by atoms with Crippen molar-refractivity contribution in [2.24, 2.45) is 0 Å². The van der Waals surface area contributed by atoms with Crippen molar-refractivity contribution in [2.75, 3.05) is 18.0 Å². The first-order chi connectivity index (χ1) is 8.04. The second kappa shape index (κ2) is 4.69. The zero-order chi connectivity index (χ0) is 12.5. The summed E-state index contributed by atoms with van der Waals surface area (Å²) in [7, 11) is 0. The molecule has 0 aliphatic carbocycles. The molecule has 1 aliphatic rings. The van der Waals surface area contributed by atoms with E-state index in [1.807, 2.05) is 0 Å². The van der Waals surface area contributed by atoms with E-state index in [-0.39, 0.29) is 5.54 Å². The van der Waals surface area contributed by atoms with Gasteiger partial charge in [0.2, 0.25) is 0 Å². The van der Waals surface area contributed by atoms with Crippen LogP contribution in [0.3, 0.4) is 0 Å². The van der Waals surface area contributed by atoms with Crippen LogP contribution in [0.25, 0.3) is 0 Å². The molecule has 2 nitrogen and oxygen atoms in total. The Morgan fingerprint density at radius 1 is 1.29 bits per heavy atom. The minimum Gasteiger partial charge on any atom is -0.361 e. The zero-order valence-electron chi connectivity index (χ0n) is 11.5. The van der Waals surface area contributed by atoms with E-state index in [4.69, 9.17) is 0 Å². The molecule has 1 atom stereocenters. The Morgan fingerprint density at radius 3 is 2.47 bits per heavy atom. The van der Waals surface area contributed by atoms with Crippen molar-refractivity contribution in [1.29, 1.82) is 0 Å². The third kappa shape index (κ3) is 2.47. The van der Waals surface area contributed by atoms with Crippen LogP contribution in [0.4, 0.5) is 5.69 Å². The maximum Gasteiger partial charge on any atom is 0.0473 e. The first kappa shape index (κ1) is 12.4. The maximum absolute atomic E-state index is 3.51. The second-order valence-electron chi connectivity index (χ2n) is 5.68. The predicted molar refractivity (Wildman–Crippen MR) is 74.7 cm³/mol. The normalized spacial score (nSPS) is 23.8. The molecule has 0 bridgehead atoms. The molecule has 0 amide bonds. The number of hydrogen-bond donors (Lipinski definition) is 1. The van der Waals surface area contributed by atoms with Gasteiger partial charge in [0.1, 0.15) is 0 Å². The van der Waals surface area contributed by atoms with Crippen molar-refractivity contribution < 1.29 is 0 Å². The van der Waals surface area contributed by atoms with Crippen molar-refractivity contribution in [3.63, 3.8) is 0 Å². The molecule has 0 aromatic heterocycles. The van der Waals surface area contributed by atoms with Gasteiger partial charge in [0, 0.05) is 30.4 Å². The number of anilines is 1. The highest BCUT2D eigenvalue weighted by molar-refractivity contribution is 5.51. The Kier molecular flexibility index (Phi) is 3.43. The highest BCUT2D eigenvalue weighted by Crippen LogP contribution is 2.28. The Morgan fingerprint density at radius 2 is 1.94 bits per heavy atom. The highest BCUT2D eigenvalue weighted by atomic mass is 15.3. The molecule has 1 heterocycles. The van der Waals surface area contributed by atoms with Gasteiger partial charge in [-0.25, -0.2) is 0 Å². The minimum absolute atomic E-state index is 0.186. The van der Waals surface area contributed by atoms with Gasteiger partial charge in [0.05, 0.1) is 0 Å². The van der Waals surface area contributed by atoms with Gasteiger partial charge in [-0.05, 0) is 44.9 Å². The summed E-state index contributed by atoms with van der Waals surface area (Å²) in [6.45, 7) is 11.2. The van der Waals surface area contributed by atoms with Gasteiger partial charge in [-0.15, -0.1) is 0 Å². The van der Waals surface area contributed by atoms with Crippen LogP contribution in [-0.2, 0) is 6.42 Å². The number of hydrogen-bond acceptors (Lipinski definition) is 2. The lowest BCUT2D eigenvalue weighted by Crippen LogP contribution is -2.62. The summed E-state index contributed by atoms with van der Waals surface area (Å²) in [4.78, 5) is 2.54. The van der Waals surface area contributed by atoms with Gasteiger partial charge in [-0.1, -0.05) is 19.1 Å². The lowest BCUT2D eigenvalue weighted by Gasteiger charge is -2.48. The van der Waals surface area contributed by atoms with Crippen molar-refractivity contribution in [2.45, 2.75) is 45.7 Å². The van der Waals surface area contributed by atoms with Gasteiger partial charge in [0.15, 0.2) is 0 Å². The Hall–Kier alpha value is -1.02. The minimum atomic E-state index is 0.186. The molecular weight excluding hydrogens is 208 g/mol. The molecule has 1 fully saturated rings. The number of nitrogens with one attached hydrogen (secondary N) is 1. The predicted octanol–water partition coefficient (Wildman–Crippen LogP) is 2.83. The van der Waals surface area contributed by atoms with E-state index in [1.54, 1.807) is 0 Å². The molecule has 1 unspecified atom stereocenters. The highest BCUT2D eigenvalue weighted by Gasteiger charge is 2.33. The van der Waals surface area contributed by atoms with Crippen molar-refractivity contribution in [1.82, 2.24) is 5.32 Å². The van der Waals surface area contributed by atoms with Gasteiger partial charge < -0.3 is 10.2 Å². The standard InChI is InChI=1S/C15H24N2/c1-5-13-6-8-14(9-7-13)17-12(2)10-16-11-15(17,3)4/h6-9,12,16H,5,10-11H2,1-4H3. The monoisotopic (exact) mass is 232 g/mol. The van der Waals surface area contributed by atoms with E-state index < -0.39 is 0 Å². The average molecular weight is 232 g/mol. The topological polar surface area (TPSA) is 15.3 Å². The summed E-state index contributed by atoms with van der Waals surface area (Å²) in [5, 5.41) is 3.51. The van der Waals surface area contributed by atoms with Gasteiger partial charge in [-0.2, -0.15) is 0 Å². The lowest BCUT2D eigenvalue weighted by molar-refractivity contribution is 0.334. The molecule has 0 spiro atoms. The zero-order valence-corrected chi connectivity index (χ0v) is 11.5. The van der Waals surface area contributed by atoms with Crippen LogP contribution in [0.15, 0.2) is 24.3 Å². The Labute approximate surface area is 105 Å². The third-order valence-corrected chi connectivity index (χ3v) is 3.71. The summed E-state index contributed by atoms with van der Waals surface area (Å²) in [6.07, 6.45) is 1.11. The number of rotatable bonds is 2. The van der Waals surface area contributed by atoms with E-state index in [9.17, 15) is 0 Å². The van der Waals surface area contributed by atoms with Gasteiger partial charge >= 0.3 is 0 Å². The fourth-order valence-corrected chi connectivity index (χ4v) is 2.86. The first-order valence-corrected chi connectivity index (χ1v) is 6.63. The number of aryl methyl sites for hydroxylation is 1. The molecule has 1 N–H and O–H groups in total. The average Bonchev–Trinajstić information content (AvgIpc) is 2.28. The van der Waals surface area contributed by atoms with Crippen molar-refractivity contribution in [3.05, 3.63) is 29.8 Å². The number of nitrogens with zero attached hydrogens (tertiary/aromatic N) is 1. The Bertz CT molecular complexity index is 367. The lowest BCUT2D eigenvalue weighted by atomic mass is 9.95. The first-order valence-electron chi connectivity index (χ1n) is 6.63. The second-order valence-corrected chi connectivity index (χ2v) is 5.68. The van der Waals surface area contributed by atoms with Crippen LogP contribution >= 0.6 is 0 Å². The molecule has 2 rings (SSSR count). The van der Waals surface area contributed by atoms with E-state index in [0.717, 1.165) is 19.5 Å². The van der Waals surface area contributed by atoms with Crippen molar-refractivity contribution >= 4 is 5.69 Å². The molecule has 17 heavy (non-hydrogen) atoms. The van der Waals surface area contributed by atoms with E-state index in [1.165, 1.54) is 11.3 Å². The quantitative estimate of drug-likeness (QED) is 0.843. The summed E-state index contributed by atoms with van der Waals surface area (Å²) in [5.41, 5.74) is 2.95. The molecule has 1 saturated heterocycles. The van der Waals surface area contributed by atoms with Crippen LogP contribution in [0.1, 0.15) is 33.3 Å². The Balaban J connectivity index is 2.28. The third-order valence-electron chi connectivity index (χ3n) is 3.71. The molecule has 1 aromatic rings. The number of benzene rings is 1. The molecule has 94 valence electrons. The maximum atomic E-state index is 3.51. The molecule has 2 heteroatoms. The smallest absolute Gasteiger partial charge is 0.0473 e. The van der Waals surface area contributed by atoms with Crippen LogP contribution in [-0.4, -0.2) is 24.7 Å². The molecule has 0 radical (unpaired) electrons. The molecule has 1 aliphatic heterocycles. The van der Waals surface area contributed by atoms with Crippen LogP contribution < -0.4 is 10.2 Å². The summed E-state index contributed by atoms with van der Waals surface area (Å²) in [5.74, 6) is 0.